The summed E-state index contributed by atoms with van der Waals surface area (Å²) in [7, 11) is 0. The second-order valence-corrected chi connectivity index (χ2v) is 6.14. The zero-order valence-corrected chi connectivity index (χ0v) is 15.2. The van der Waals surface area contributed by atoms with Gasteiger partial charge in [0.2, 0.25) is 5.91 Å². The third-order valence-electron chi connectivity index (χ3n) is 4.13. The number of halogens is 2. The van der Waals surface area contributed by atoms with Gasteiger partial charge >= 0.3 is 0 Å². The molecule has 6 heteroatoms. The Morgan fingerprint density at radius 2 is 2.04 bits per heavy atom. The number of nitrogens with one attached hydrogen (secondary N) is 1. The summed E-state index contributed by atoms with van der Waals surface area (Å²) in [4.78, 5) is 12.3. The Morgan fingerprint density at radius 3 is 2.78 bits per heavy atom. The standard InChI is InChI=1S/C21H19F2NO3/c1-4-26-19-10-20-16(13(3)11-27-20)9-15(19)12(2)7-21(25)24-18-8-14(22)5-6-17(18)23/h5-11H,4H2,1-3H3,(H,24,25)/b12-7+. The molecule has 1 aromatic heterocycles. The maximum atomic E-state index is 13.7. The van der Waals surface area contributed by atoms with Crippen LogP contribution in [0, 0.1) is 18.6 Å². The van der Waals surface area contributed by atoms with Gasteiger partial charge in [-0.25, -0.2) is 8.78 Å². The largest absolute Gasteiger partial charge is 0.493 e. The SMILES string of the molecule is CCOc1cc2occ(C)c2cc1/C(C)=C/C(=O)Nc1cc(F)ccc1F. The first kappa shape index (κ1) is 18.6. The normalized spacial score (nSPS) is 11.7. The van der Waals surface area contributed by atoms with Crippen LogP contribution in [0.2, 0.25) is 0 Å². The number of rotatable bonds is 5. The molecule has 0 fully saturated rings. The highest BCUT2D eigenvalue weighted by Crippen LogP contribution is 2.33. The topological polar surface area (TPSA) is 51.5 Å². The van der Waals surface area contributed by atoms with Gasteiger partial charge in [0.25, 0.3) is 0 Å². The molecule has 140 valence electrons. The monoisotopic (exact) mass is 371 g/mol. The van der Waals surface area contributed by atoms with E-state index in [1.54, 1.807) is 19.3 Å². The van der Waals surface area contributed by atoms with Crippen molar-refractivity contribution in [2.75, 3.05) is 11.9 Å². The van der Waals surface area contributed by atoms with E-state index in [1.807, 2.05) is 19.9 Å². The van der Waals surface area contributed by atoms with Crippen LogP contribution in [0.1, 0.15) is 25.0 Å². The van der Waals surface area contributed by atoms with Crippen LogP contribution in [0.5, 0.6) is 5.75 Å². The molecule has 0 aliphatic rings. The van der Waals surface area contributed by atoms with Crippen molar-refractivity contribution in [3.63, 3.8) is 0 Å². The van der Waals surface area contributed by atoms with Gasteiger partial charge in [-0.15, -0.1) is 0 Å². The van der Waals surface area contributed by atoms with E-state index in [0.717, 1.165) is 34.7 Å². The van der Waals surface area contributed by atoms with Crippen LogP contribution in [0.15, 0.2) is 47.1 Å². The second-order valence-electron chi connectivity index (χ2n) is 6.14. The molecule has 0 spiro atoms. The summed E-state index contributed by atoms with van der Waals surface area (Å²) in [6.45, 7) is 5.99. The zero-order chi connectivity index (χ0) is 19.6. The van der Waals surface area contributed by atoms with E-state index < -0.39 is 17.5 Å². The van der Waals surface area contributed by atoms with Gasteiger partial charge in [0.1, 0.15) is 23.0 Å². The lowest BCUT2D eigenvalue weighted by Gasteiger charge is -2.11. The molecule has 2 aromatic carbocycles. The Morgan fingerprint density at radius 1 is 1.26 bits per heavy atom. The van der Waals surface area contributed by atoms with Crippen molar-refractivity contribution in [3.05, 3.63) is 65.4 Å². The first-order chi connectivity index (χ1) is 12.9. The van der Waals surface area contributed by atoms with Crippen LogP contribution in [-0.2, 0) is 4.79 Å². The van der Waals surface area contributed by atoms with E-state index in [4.69, 9.17) is 9.15 Å². The average molecular weight is 371 g/mol. The van der Waals surface area contributed by atoms with E-state index in [-0.39, 0.29) is 5.69 Å². The average Bonchev–Trinajstić information content (AvgIpc) is 2.98. The summed E-state index contributed by atoms with van der Waals surface area (Å²) in [5, 5.41) is 3.27. The molecule has 0 saturated carbocycles. The van der Waals surface area contributed by atoms with E-state index in [2.05, 4.69) is 5.32 Å². The molecule has 0 unspecified atom stereocenters. The number of aryl methyl sites for hydroxylation is 1. The van der Waals surface area contributed by atoms with Gasteiger partial charge in [-0.05, 0) is 50.1 Å². The lowest BCUT2D eigenvalue weighted by atomic mass is 10.0. The molecule has 0 atom stereocenters. The van der Waals surface area contributed by atoms with Gasteiger partial charge in [-0.3, -0.25) is 4.79 Å². The Hall–Kier alpha value is -3.15. The summed E-state index contributed by atoms with van der Waals surface area (Å²) in [6.07, 6.45) is 2.98. The summed E-state index contributed by atoms with van der Waals surface area (Å²) < 4.78 is 38.1. The Kier molecular flexibility index (Phi) is 5.26. The van der Waals surface area contributed by atoms with Gasteiger partial charge in [0.05, 0.1) is 18.6 Å². The van der Waals surface area contributed by atoms with E-state index in [9.17, 15) is 13.6 Å². The maximum Gasteiger partial charge on any atom is 0.248 e. The van der Waals surface area contributed by atoms with Gasteiger partial charge in [-0.2, -0.15) is 0 Å². The number of anilines is 1. The van der Waals surface area contributed by atoms with Crippen LogP contribution < -0.4 is 10.1 Å². The summed E-state index contributed by atoms with van der Waals surface area (Å²) in [6, 6.07) is 6.56. The highest BCUT2D eigenvalue weighted by molar-refractivity contribution is 6.04. The third kappa shape index (κ3) is 4.00. The van der Waals surface area contributed by atoms with E-state index >= 15 is 0 Å². The van der Waals surface area contributed by atoms with Gasteiger partial charge in [0, 0.05) is 29.2 Å². The van der Waals surface area contributed by atoms with Gasteiger partial charge < -0.3 is 14.5 Å². The molecule has 4 nitrogen and oxygen atoms in total. The number of hydrogen-bond acceptors (Lipinski definition) is 3. The van der Waals surface area contributed by atoms with E-state index in [0.29, 0.717) is 23.5 Å². The molecule has 0 radical (unpaired) electrons. The van der Waals surface area contributed by atoms with E-state index in [1.165, 1.54) is 6.08 Å². The number of carbonyl (C=O) groups excluding carboxylic acids is 1. The number of carbonyl (C=O) groups is 1. The first-order valence-electron chi connectivity index (χ1n) is 8.48. The fraction of sp³-hybridized carbons (Fsp3) is 0.190. The first-order valence-corrected chi connectivity index (χ1v) is 8.48. The third-order valence-corrected chi connectivity index (χ3v) is 4.13. The number of ether oxygens (including phenoxy) is 1. The molecule has 0 aliphatic carbocycles. The number of furan rings is 1. The smallest absolute Gasteiger partial charge is 0.248 e. The molecular weight excluding hydrogens is 352 g/mol. The quantitative estimate of drug-likeness (QED) is 0.606. The minimum absolute atomic E-state index is 0.213. The molecule has 1 heterocycles. The molecule has 1 N–H and O–H groups in total. The number of allylic oxidation sites excluding steroid dienone is 1. The lowest BCUT2D eigenvalue weighted by molar-refractivity contribution is -0.111. The fourth-order valence-corrected chi connectivity index (χ4v) is 2.80. The van der Waals surface area contributed by atoms with Crippen LogP contribution in [0.4, 0.5) is 14.5 Å². The highest BCUT2D eigenvalue weighted by atomic mass is 19.1. The van der Waals surface area contributed by atoms with Crippen LogP contribution in [-0.4, -0.2) is 12.5 Å². The highest BCUT2D eigenvalue weighted by Gasteiger charge is 2.13. The van der Waals surface area contributed by atoms with Crippen LogP contribution in [0.3, 0.4) is 0 Å². The summed E-state index contributed by atoms with van der Waals surface area (Å²) in [5.41, 5.74) is 2.79. The van der Waals surface area contributed by atoms with Gasteiger partial charge in [0.15, 0.2) is 0 Å². The predicted molar refractivity (Wildman–Crippen MR) is 101 cm³/mol. The minimum atomic E-state index is -0.707. The zero-order valence-electron chi connectivity index (χ0n) is 15.2. The molecule has 0 aliphatic heterocycles. The van der Waals surface area contributed by atoms with Gasteiger partial charge in [-0.1, -0.05) is 0 Å². The van der Waals surface area contributed by atoms with Crippen molar-refractivity contribution >= 4 is 28.1 Å². The minimum Gasteiger partial charge on any atom is -0.493 e. The Balaban J connectivity index is 1.94. The van der Waals surface area contributed by atoms with Crippen molar-refractivity contribution in [3.8, 4) is 5.75 Å². The number of amides is 1. The Labute approximate surface area is 155 Å². The maximum absolute atomic E-state index is 13.7. The van der Waals surface area contributed by atoms with Crippen molar-refractivity contribution in [2.24, 2.45) is 0 Å². The number of benzene rings is 2. The number of hydrogen-bond donors (Lipinski definition) is 1. The molecular formula is C21H19F2NO3. The molecule has 3 aromatic rings. The van der Waals surface area contributed by atoms with Crippen LogP contribution >= 0.6 is 0 Å². The predicted octanol–water partition coefficient (Wildman–Crippen LogP) is 5.46. The number of fused-ring (bicyclic) bond motifs is 1. The Bertz CT molecular complexity index is 1040. The molecule has 1 amide bonds. The van der Waals surface area contributed by atoms with Crippen molar-refractivity contribution in [2.45, 2.75) is 20.8 Å². The van der Waals surface area contributed by atoms with Crippen LogP contribution in [0.25, 0.3) is 16.5 Å². The molecule has 3 rings (SSSR count). The second kappa shape index (κ2) is 7.61. The van der Waals surface area contributed by atoms with Crippen molar-refractivity contribution in [1.29, 1.82) is 0 Å². The van der Waals surface area contributed by atoms with Crippen molar-refractivity contribution in [1.82, 2.24) is 0 Å². The summed E-state index contributed by atoms with van der Waals surface area (Å²) in [5.74, 6) is -1.32. The lowest BCUT2D eigenvalue weighted by Crippen LogP contribution is -2.10. The van der Waals surface area contributed by atoms with Crippen molar-refractivity contribution < 1.29 is 22.7 Å². The fourth-order valence-electron chi connectivity index (χ4n) is 2.80. The molecule has 0 bridgehead atoms. The molecule has 0 saturated heterocycles. The summed E-state index contributed by atoms with van der Waals surface area (Å²) >= 11 is 0. The molecule has 27 heavy (non-hydrogen) atoms.